The summed E-state index contributed by atoms with van der Waals surface area (Å²) in [5.41, 5.74) is -0.215. The van der Waals surface area contributed by atoms with Gasteiger partial charge < -0.3 is 4.98 Å². The standard InChI is InChI=1S/C7H5BrF2INO/c8-2-3-1-4(6(9)10)12-7(13)5(3)11/h1,6H,2H2,(H,12,13). The molecule has 0 bridgehead atoms. The molecule has 1 N–H and O–H groups in total. The minimum atomic E-state index is -2.64. The molecule has 0 fully saturated rings. The van der Waals surface area contributed by atoms with Crippen molar-refractivity contribution in [2.45, 2.75) is 11.8 Å². The molecular weight excluding hydrogens is 359 g/mol. The van der Waals surface area contributed by atoms with Crippen LogP contribution in [0.3, 0.4) is 0 Å². The summed E-state index contributed by atoms with van der Waals surface area (Å²) in [6.07, 6.45) is -2.64. The van der Waals surface area contributed by atoms with Crippen LogP contribution in [0.5, 0.6) is 0 Å². The van der Waals surface area contributed by atoms with Crippen molar-refractivity contribution in [2.75, 3.05) is 0 Å². The number of H-pyrrole nitrogens is 1. The Balaban J connectivity index is 3.31. The first-order valence-corrected chi connectivity index (χ1v) is 5.52. The zero-order valence-electron chi connectivity index (χ0n) is 6.28. The van der Waals surface area contributed by atoms with Crippen LogP contribution in [-0.4, -0.2) is 4.98 Å². The lowest BCUT2D eigenvalue weighted by Crippen LogP contribution is -2.14. The Hall–Kier alpha value is 0.0200. The van der Waals surface area contributed by atoms with Crippen molar-refractivity contribution in [1.82, 2.24) is 4.98 Å². The van der Waals surface area contributed by atoms with Gasteiger partial charge >= 0.3 is 0 Å². The van der Waals surface area contributed by atoms with Crippen LogP contribution in [0.15, 0.2) is 10.9 Å². The molecule has 0 saturated heterocycles. The van der Waals surface area contributed by atoms with Crippen molar-refractivity contribution in [1.29, 1.82) is 0 Å². The van der Waals surface area contributed by atoms with E-state index in [-0.39, 0.29) is 5.69 Å². The fourth-order valence-electron chi connectivity index (χ4n) is 0.834. The minimum absolute atomic E-state index is 0.333. The lowest BCUT2D eigenvalue weighted by atomic mass is 10.2. The molecule has 0 aliphatic heterocycles. The largest absolute Gasteiger partial charge is 0.320 e. The highest BCUT2D eigenvalue weighted by molar-refractivity contribution is 14.1. The topological polar surface area (TPSA) is 32.9 Å². The number of aromatic amines is 1. The van der Waals surface area contributed by atoms with Crippen LogP contribution in [0.2, 0.25) is 0 Å². The summed E-state index contributed by atoms with van der Waals surface area (Å²) >= 11 is 4.95. The smallest absolute Gasteiger partial charge is 0.278 e. The van der Waals surface area contributed by atoms with Crippen molar-refractivity contribution in [3.8, 4) is 0 Å². The number of alkyl halides is 3. The molecule has 1 aromatic heterocycles. The van der Waals surface area contributed by atoms with E-state index in [9.17, 15) is 13.6 Å². The normalized spacial score (nSPS) is 10.8. The molecule has 0 aliphatic rings. The molecule has 0 amide bonds. The first-order valence-electron chi connectivity index (χ1n) is 3.32. The first-order chi connectivity index (χ1) is 6.06. The van der Waals surface area contributed by atoms with E-state index in [1.54, 1.807) is 0 Å². The minimum Gasteiger partial charge on any atom is -0.320 e. The molecule has 0 aliphatic carbocycles. The van der Waals surface area contributed by atoms with E-state index in [1.807, 2.05) is 22.6 Å². The van der Waals surface area contributed by atoms with Gasteiger partial charge in [-0.3, -0.25) is 4.79 Å². The molecular formula is C7H5BrF2INO. The molecule has 72 valence electrons. The maximum absolute atomic E-state index is 12.2. The Bertz CT molecular complexity index is 366. The molecule has 1 heterocycles. The van der Waals surface area contributed by atoms with Gasteiger partial charge in [-0.25, -0.2) is 8.78 Å². The number of rotatable bonds is 2. The monoisotopic (exact) mass is 363 g/mol. The van der Waals surface area contributed by atoms with Crippen LogP contribution >= 0.6 is 38.5 Å². The van der Waals surface area contributed by atoms with Crippen molar-refractivity contribution in [3.63, 3.8) is 0 Å². The van der Waals surface area contributed by atoms with Gasteiger partial charge in [-0.2, -0.15) is 0 Å². The van der Waals surface area contributed by atoms with Gasteiger partial charge in [0.25, 0.3) is 12.0 Å². The second kappa shape index (κ2) is 4.50. The van der Waals surface area contributed by atoms with E-state index in [2.05, 4.69) is 20.9 Å². The van der Waals surface area contributed by atoms with Gasteiger partial charge in [0.05, 0.1) is 9.26 Å². The third-order valence-corrected chi connectivity index (χ3v) is 3.23. The van der Waals surface area contributed by atoms with Gasteiger partial charge in [0.15, 0.2) is 0 Å². The maximum atomic E-state index is 12.2. The molecule has 2 nitrogen and oxygen atoms in total. The second-order valence-electron chi connectivity index (χ2n) is 2.33. The predicted molar refractivity (Wildman–Crippen MR) is 57.4 cm³/mol. The van der Waals surface area contributed by atoms with Gasteiger partial charge in [-0.05, 0) is 34.2 Å². The zero-order valence-corrected chi connectivity index (χ0v) is 10.0. The summed E-state index contributed by atoms with van der Waals surface area (Å²) in [7, 11) is 0. The van der Waals surface area contributed by atoms with E-state index in [0.29, 0.717) is 14.5 Å². The molecule has 1 aromatic rings. The Morgan fingerprint density at radius 1 is 1.62 bits per heavy atom. The van der Waals surface area contributed by atoms with Crippen LogP contribution in [0.4, 0.5) is 8.78 Å². The molecule has 0 aromatic carbocycles. The molecule has 1 rings (SSSR count). The van der Waals surface area contributed by atoms with Crippen molar-refractivity contribution in [3.05, 3.63) is 31.2 Å². The highest BCUT2D eigenvalue weighted by Crippen LogP contribution is 2.19. The fourth-order valence-corrected chi connectivity index (χ4v) is 2.28. The Morgan fingerprint density at radius 3 is 2.69 bits per heavy atom. The van der Waals surface area contributed by atoms with Gasteiger partial charge in [-0.1, -0.05) is 15.9 Å². The Labute approximate surface area is 95.0 Å². The van der Waals surface area contributed by atoms with Crippen LogP contribution in [0.25, 0.3) is 0 Å². The van der Waals surface area contributed by atoms with Crippen LogP contribution in [-0.2, 0) is 5.33 Å². The quantitative estimate of drug-likeness (QED) is 0.636. The molecule has 0 radical (unpaired) electrons. The number of nitrogens with one attached hydrogen (secondary N) is 1. The SMILES string of the molecule is O=c1[nH]c(C(F)F)cc(CBr)c1I. The van der Waals surface area contributed by atoms with Gasteiger partial charge in [0, 0.05) is 5.33 Å². The average molecular weight is 364 g/mol. The van der Waals surface area contributed by atoms with Gasteiger partial charge in [0.2, 0.25) is 0 Å². The van der Waals surface area contributed by atoms with E-state index < -0.39 is 12.0 Å². The summed E-state index contributed by atoms with van der Waals surface area (Å²) in [5.74, 6) is 0. The summed E-state index contributed by atoms with van der Waals surface area (Å²) < 4.78 is 24.9. The first kappa shape index (κ1) is 11.1. The molecule has 13 heavy (non-hydrogen) atoms. The number of aromatic nitrogens is 1. The summed E-state index contributed by atoms with van der Waals surface area (Å²) in [6, 6.07) is 1.29. The van der Waals surface area contributed by atoms with Crippen molar-refractivity contribution < 1.29 is 8.78 Å². The van der Waals surface area contributed by atoms with E-state index >= 15 is 0 Å². The average Bonchev–Trinajstić information content (AvgIpc) is 2.09. The molecule has 0 spiro atoms. The molecule has 6 heteroatoms. The third-order valence-electron chi connectivity index (χ3n) is 1.45. The Morgan fingerprint density at radius 2 is 2.23 bits per heavy atom. The summed E-state index contributed by atoms with van der Waals surface area (Å²) in [6.45, 7) is 0. The predicted octanol–water partition coefficient (Wildman–Crippen LogP) is 2.81. The lowest BCUT2D eigenvalue weighted by Gasteiger charge is -2.03. The van der Waals surface area contributed by atoms with Gasteiger partial charge in [0.1, 0.15) is 0 Å². The van der Waals surface area contributed by atoms with Crippen LogP contribution < -0.4 is 5.56 Å². The number of halogens is 4. The van der Waals surface area contributed by atoms with Crippen molar-refractivity contribution >= 4 is 38.5 Å². The van der Waals surface area contributed by atoms with E-state index in [4.69, 9.17) is 0 Å². The highest BCUT2D eigenvalue weighted by atomic mass is 127. The molecule has 0 unspecified atom stereocenters. The van der Waals surface area contributed by atoms with E-state index in [0.717, 1.165) is 0 Å². The van der Waals surface area contributed by atoms with Gasteiger partial charge in [-0.15, -0.1) is 0 Å². The van der Waals surface area contributed by atoms with Crippen LogP contribution in [0, 0.1) is 3.57 Å². The van der Waals surface area contributed by atoms with Crippen molar-refractivity contribution in [2.24, 2.45) is 0 Å². The molecule has 0 atom stereocenters. The van der Waals surface area contributed by atoms with Crippen LogP contribution in [0.1, 0.15) is 17.7 Å². The summed E-state index contributed by atoms with van der Waals surface area (Å²) in [4.78, 5) is 13.2. The number of hydrogen-bond donors (Lipinski definition) is 1. The maximum Gasteiger partial charge on any atom is 0.278 e. The second-order valence-corrected chi connectivity index (χ2v) is 3.97. The summed E-state index contributed by atoms with van der Waals surface area (Å²) in [5, 5.41) is 0.398. The van der Waals surface area contributed by atoms with E-state index in [1.165, 1.54) is 6.07 Å². The fraction of sp³-hybridized carbons (Fsp3) is 0.286. The highest BCUT2D eigenvalue weighted by Gasteiger charge is 2.12. The third kappa shape index (κ3) is 2.49. The number of hydrogen-bond acceptors (Lipinski definition) is 1. The zero-order chi connectivity index (χ0) is 10.0. The lowest BCUT2D eigenvalue weighted by molar-refractivity contribution is 0.145. The molecule has 0 saturated carbocycles. The Kier molecular flexibility index (Phi) is 3.84. The number of pyridine rings is 1.